The molecule has 1 amide bonds. The highest BCUT2D eigenvalue weighted by atomic mass is 32.2. The summed E-state index contributed by atoms with van der Waals surface area (Å²) in [4.78, 5) is 16.4. The van der Waals surface area contributed by atoms with Gasteiger partial charge in [-0.15, -0.1) is 0 Å². The summed E-state index contributed by atoms with van der Waals surface area (Å²) < 4.78 is 12.6. The maximum atomic E-state index is 12.1. The van der Waals surface area contributed by atoms with Gasteiger partial charge in [-0.25, -0.2) is 4.98 Å². The van der Waals surface area contributed by atoms with E-state index in [1.165, 1.54) is 0 Å². The molecule has 8 heteroatoms. The highest BCUT2D eigenvalue weighted by Gasteiger charge is 2.23. The molecule has 7 nitrogen and oxygen atoms in total. The lowest BCUT2D eigenvalue weighted by Gasteiger charge is -2.11. The number of imidazole rings is 1. The summed E-state index contributed by atoms with van der Waals surface area (Å²) in [6.45, 7) is 2.47. The van der Waals surface area contributed by atoms with Crippen molar-refractivity contribution in [2.75, 3.05) is 24.8 Å². The first-order chi connectivity index (χ1) is 11.6. The first-order valence-corrected chi connectivity index (χ1v) is 8.31. The number of nitrogens with zero attached hydrogens (tertiary/aromatic N) is 3. The zero-order chi connectivity index (χ0) is 17.1. The number of nitrogens with one attached hydrogen (secondary N) is 1. The van der Waals surface area contributed by atoms with Crippen LogP contribution in [0.3, 0.4) is 0 Å². The predicted molar refractivity (Wildman–Crippen MR) is 89.5 cm³/mol. The SMILES string of the molecule is COc1cc(C)ccc1OCC(=O)Nc1nc2n(c1C#N)CCS2. The predicted octanol–water partition coefficient (Wildman–Crippen LogP) is 2.19. The van der Waals surface area contributed by atoms with Crippen molar-refractivity contribution in [1.29, 1.82) is 5.26 Å². The summed E-state index contributed by atoms with van der Waals surface area (Å²) in [6, 6.07) is 7.55. The molecule has 0 fully saturated rings. The molecule has 0 aliphatic carbocycles. The second-order valence-corrected chi connectivity index (χ2v) is 6.26. The van der Waals surface area contributed by atoms with Gasteiger partial charge < -0.3 is 19.4 Å². The Balaban J connectivity index is 1.66. The molecule has 2 aromatic rings. The molecule has 3 rings (SSSR count). The van der Waals surface area contributed by atoms with Crippen molar-refractivity contribution < 1.29 is 14.3 Å². The zero-order valence-corrected chi connectivity index (χ0v) is 14.1. The molecule has 0 saturated carbocycles. The summed E-state index contributed by atoms with van der Waals surface area (Å²) in [5.41, 5.74) is 1.41. The van der Waals surface area contributed by atoms with E-state index in [1.807, 2.05) is 23.6 Å². The van der Waals surface area contributed by atoms with Crippen LogP contribution in [0.25, 0.3) is 0 Å². The lowest BCUT2D eigenvalue weighted by Crippen LogP contribution is -2.21. The van der Waals surface area contributed by atoms with Crippen molar-refractivity contribution >= 4 is 23.5 Å². The molecule has 0 unspecified atom stereocenters. The number of carbonyl (C=O) groups is 1. The van der Waals surface area contributed by atoms with Gasteiger partial charge in [0.25, 0.3) is 5.91 Å². The lowest BCUT2D eigenvalue weighted by molar-refractivity contribution is -0.118. The number of rotatable bonds is 5. The molecule has 1 aliphatic rings. The van der Waals surface area contributed by atoms with E-state index >= 15 is 0 Å². The van der Waals surface area contributed by atoms with E-state index in [0.717, 1.165) is 23.0 Å². The highest BCUT2D eigenvalue weighted by Crippen LogP contribution is 2.30. The van der Waals surface area contributed by atoms with Crippen LogP contribution in [0, 0.1) is 18.3 Å². The van der Waals surface area contributed by atoms with E-state index in [9.17, 15) is 10.1 Å². The molecule has 0 spiro atoms. The number of aryl methyl sites for hydroxylation is 1. The molecule has 1 aromatic carbocycles. The molecule has 24 heavy (non-hydrogen) atoms. The molecule has 1 aromatic heterocycles. The smallest absolute Gasteiger partial charge is 0.263 e. The number of fused-ring (bicyclic) bond motifs is 1. The fourth-order valence-corrected chi connectivity index (χ4v) is 3.33. The average molecular weight is 344 g/mol. The Morgan fingerprint density at radius 3 is 3.08 bits per heavy atom. The molecular weight excluding hydrogens is 328 g/mol. The molecule has 124 valence electrons. The first kappa shape index (κ1) is 16.2. The number of benzene rings is 1. The maximum Gasteiger partial charge on any atom is 0.263 e. The van der Waals surface area contributed by atoms with Crippen molar-refractivity contribution in [3.63, 3.8) is 0 Å². The Morgan fingerprint density at radius 2 is 2.33 bits per heavy atom. The number of hydrogen-bond donors (Lipinski definition) is 1. The molecular formula is C16H16N4O3S. The summed E-state index contributed by atoms with van der Waals surface area (Å²) in [7, 11) is 1.55. The fraction of sp³-hybridized carbons (Fsp3) is 0.312. The number of ether oxygens (including phenoxy) is 2. The lowest BCUT2D eigenvalue weighted by atomic mass is 10.2. The summed E-state index contributed by atoms with van der Waals surface area (Å²) >= 11 is 1.56. The molecule has 0 saturated heterocycles. The minimum atomic E-state index is -0.379. The number of thioether (sulfide) groups is 1. The van der Waals surface area contributed by atoms with Gasteiger partial charge in [-0.2, -0.15) is 5.26 Å². The van der Waals surface area contributed by atoms with Crippen molar-refractivity contribution in [3.8, 4) is 17.6 Å². The molecule has 0 radical (unpaired) electrons. The standard InChI is InChI=1S/C16H16N4O3S/c1-10-3-4-12(13(7-10)22-2)23-9-14(21)18-15-11(8-17)20-5-6-24-16(20)19-15/h3-4,7H,5-6,9H2,1-2H3,(H,18,21). The van der Waals surface area contributed by atoms with Crippen LogP contribution in [0.4, 0.5) is 5.82 Å². The molecule has 2 heterocycles. The van der Waals surface area contributed by atoms with Crippen molar-refractivity contribution in [2.45, 2.75) is 18.6 Å². The average Bonchev–Trinajstić information content (AvgIpc) is 3.14. The van der Waals surface area contributed by atoms with Gasteiger partial charge in [-0.05, 0) is 24.6 Å². The van der Waals surface area contributed by atoms with E-state index < -0.39 is 0 Å². The number of carbonyl (C=O) groups excluding carboxylic acids is 1. The van der Waals surface area contributed by atoms with Crippen LogP contribution in [-0.4, -0.2) is 34.9 Å². The number of anilines is 1. The third kappa shape index (κ3) is 3.16. The summed E-state index contributed by atoms with van der Waals surface area (Å²) in [5.74, 6) is 1.85. The van der Waals surface area contributed by atoms with Gasteiger partial charge in [0.05, 0.1) is 7.11 Å². The molecule has 1 aliphatic heterocycles. The third-order valence-electron chi connectivity index (χ3n) is 3.52. The van der Waals surface area contributed by atoms with Crippen LogP contribution < -0.4 is 14.8 Å². The van der Waals surface area contributed by atoms with Crippen molar-refractivity contribution in [2.24, 2.45) is 0 Å². The van der Waals surface area contributed by atoms with Gasteiger partial charge in [0.2, 0.25) is 0 Å². The minimum absolute atomic E-state index is 0.195. The van der Waals surface area contributed by atoms with Gasteiger partial charge in [0.1, 0.15) is 6.07 Å². The topological polar surface area (TPSA) is 89.2 Å². The summed E-state index contributed by atoms with van der Waals surface area (Å²) in [6.07, 6.45) is 0. The van der Waals surface area contributed by atoms with Crippen molar-refractivity contribution in [3.05, 3.63) is 29.5 Å². The Morgan fingerprint density at radius 1 is 1.50 bits per heavy atom. The fourth-order valence-electron chi connectivity index (χ4n) is 2.38. The van der Waals surface area contributed by atoms with Crippen LogP contribution in [0.2, 0.25) is 0 Å². The Kier molecular flexibility index (Phi) is 4.62. The minimum Gasteiger partial charge on any atom is -0.493 e. The van der Waals surface area contributed by atoms with Crippen LogP contribution in [0.1, 0.15) is 11.3 Å². The van der Waals surface area contributed by atoms with Crippen molar-refractivity contribution in [1.82, 2.24) is 9.55 Å². The number of amides is 1. The molecule has 1 N–H and O–H groups in total. The van der Waals surface area contributed by atoms with Gasteiger partial charge in [0, 0.05) is 12.3 Å². The third-order valence-corrected chi connectivity index (χ3v) is 4.48. The Hall–Kier alpha value is -2.66. The number of methoxy groups -OCH3 is 1. The van der Waals surface area contributed by atoms with Gasteiger partial charge in [-0.3, -0.25) is 4.79 Å². The van der Waals surface area contributed by atoms with Gasteiger partial charge in [0.15, 0.2) is 34.8 Å². The van der Waals surface area contributed by atoms with E-state index in [1.54, 1.807) is 24.9 Å². The summed E-state index contributed by atoms with van der Waals surface area (Å²) in [5, 5.41) is 12.7. The Labute approximate surface area is 143 Å². The largest absolute Gasteiger partial charge is 0.493 e. The second-order valence-electron chi connectivity index (χ2n) is 5.19. The quantitative estimate of drug-likeness (QED) is 0.894. The van der Waals surface area contributed by atoms with Crippen LogP contribution in [0.5, 0.6) is 11.5 Å². The normalized spacial score (nSPS) is 12.4. The van der Waals surface area contributed by atoms with Gasteiger partial charge in [-0.1, -0.05) is 17.8 Å². The molecule has 0 bridgehead atoms. The number of nitriles is 1. The van der Waals surface area contributed by atoms with E-state index in [-0.39, 0.29) is 18.3 Å². The van der Waals surface area contributed by atoms with E-state index in [0.29, 0.717) is 17.2 Å². The number of aromatic nitrogens is 2. The first-order valence-electron chi connectivity index (χ1n) is 7.33. The highest BCUT2D eigenvalue weighted by molar-refractivity contribution is 7.99. The molecule has 0 atom stereocenters. The zero-order valence-electron chi connectivity index (χ0n) is 13.3. The van der Waals surface area contributed by atoms with Crippen LogP contribution >= 0.6 is 11.8 Å². The van der Waals surface area contributed by atoms with E-state index in [2.05, 4.69) is 16.4 Å². The van der Waals surface area contributed by atoms with Crippen LogP contribution in [-0.2, 0) is 11.3 Å². The number of hydrogen-bond acceptors (Lipinski definition) is 6. The monoisotopic (exact) mass is 344 g/mol. The maximum absolute atomic E-state index is 12.1. The van der Waals surface area contributed by atoms with Gasteiger partial charge >= 0.3 is 0 Å². The van der Waals surface area contributed by atoms with E-state index in [4.69, 9.17) is 9.47 Å². The second kappa shape index (κ2) is 6.84. The van der Waals surface area contributed by atoms with Crippen LogP contribution in [0.15, 0.2) is 23.4 Å². The Bertz CT molecular complexity index is 825.